The van der Waals surface area contributed by atoms with E-state index in [4.69, 9.17) is 16.1 Å². The summed E-state index contributed by atoms with van der Waals surface area (Å²) in [5, 5.41) is 10.3. The summed E-state index contributed by atoms with van der Waals surface area (Å²) in [4.78, 5) is 21.1. The van der Waals surface area contributed by atoms with Crippen molar-refractivity contribution in [3.63, 3.8) is 0 Å². The second-order valence-electron chi connectivity index (χ2n) is 8.01. The maximum absolute atomic E-state index is 12.3. The van der Waals surface area contributed by atoms with Crippen LogP contribution in [0, 0.1) is 6.92 Å². The molecule has 2 aromatic heterocycles. The molecular weight excluding hydrogens is 464 g/mol. The standard InChI is InChI=1S/C26H21ClN6O2/c1-17-3-2-4-22(13-17)30-26(34)29-21-11-5-18(6-12-21)14-33-15-23(28-16-33)25-31-24(32-35-25)19-7-9-20(27)10-8-19/h2-13,15-16H,14H2,1H3,(H2,29,30,34). The molecule has 0 unspecified atom stereocenters. The van der Waals surface area contributed by atoms with E-state index in [-0.39, 0.29) is 6.03 Å². The largest absolute Gasteiger partial charge is 0.332 e. The molecule has 0 aliphatic carbocycles. The first-order chi connectivity index (χ1) is 17.0. The highest BCUT2D eigenvalue weighted by Crippen LogP contribution is 2.23. The predicted octanol–water partition coefficient (Wildman–Crippen LogP) is 6.25. The number of rotatable bonds is 6. The Morgan fingerprint density at radius 3 is 2.54 bits per heavy atom. The third kappa shape index (κ3) is 5.56. The van der Waals surface area contributed by atoms with Gasteiger partial charge in [0.15, 0.2) is 0 Å². The normalized spacial score (nSPS) is 10.8. The Kier molecular flexibility index (Phi) is 6.28. The SMILES string of the molecule is Cc1cccc(NC(=O)Nc2ccc(Cn3cnc(-c4nc(-c5ccc(Cl)cc5)no4)c3)cc2)c1. The van der Waals surface area contributed by atoms with Crippen LogP contribution in [0.15, 0.2) is 89.8 Å². The lowest BCUT2D eigenvalue weighted by Crippen LogP contribution is -2.19. The molecular formula is C26H21ClN6O2. The number of nitrogens with zero attached hydrogens (tertiary/aromatic N) is 4. The highest BCUT2D eigenvalue weighted by Gasteiger charge is 2.13. The maximum atomic E-state index is 12.3. The van der Waals surface area contributed by atoms with Crippen LogP contribution < -0.4 is 10.6 Å². The Bertz CT molecular complexity index is 1460. The number of carbonyl (C=O) groups is 1. The minimum atomic E-state index is -0.292. The predicted molar refractivity (Wildman–Crippen MR) is 135 cm³/mol. The molecule has 0 spiro atoms. The van der Waals surface area contributed by atoms with Gasteiger partial charge in [0.1, 0.15) is 5.69 Å². The number of hydrogen-bond donors (Lipinski definition) is 2. The third-order valence-corrected chi connectivity index (χ3v) is 5.49. The summed E-state index contributed by atoms with van der Waals surface area (Å²) in [5.41, 5.74) is 4.97. The molecule has 5 aromatic rings. The molecule has 0 saturated carbocycles. The lowest BCUT2D eigenvalue weighted by molar-refractivity contribution is 0.262. The second kappa shape index (κ2) is 9.82. The van der Waals surface area contributed by atoms with Crippen LogP contribution >= 0.6 is 11.6 Å². The Hall–Kier alpha value is -4.43. The van der Waals surface area contributed by atoms with Crippen molar-refractivity contribution in [1.82, 2.24) is 19.7 Å². The van der Waals surface area contributed by atoms with E-state index < -0.39 is 0 Å². The minimum absolute atomic E-state index is 0.292. The van der Waals surface area contributed by atoms with Gasteiger partial charge >= 0.3 is 6.03 Å². The third-order valence-electron chi connectivity index (χ3n) is 5.23. The zero-order valence-electron chi connectivity index (χ0n) is 18.8. The molecule has 3 aromatic carbocycles. The zero-order valence-corrected chi connectivity index (χ0v) is 19.5. The van der Waals surface area contributed by atoms with Crippen LogP contribution in [0.5, 0.6) is 0 Å². The molecule has 35 heavy (non-hydrogen) atoms. The van der Waals surface area contributed by atoms with Crippen molar-refractivity contribution in [1.29, 1.82) is 0 Å². The Morgan fingerprint density at radius 2 is 1.77 bits per heavy atom. The van der Waals surface area contributed by atoms with Crippen LogP contribution in [0.25, 0.3) is 23.0 Å². The summed E-state index contributed by atoms with van der Waals surface area (Å²) in [6.07, 6.45) is 3.56. The Morgan fingerprint density at radius 1 is 1.00 bits per heavy atom. The molecule has 0 fully saturated rings. The average Bonchev–Trinajstić information content (AvgIpc) is 3.51. The number of carbonyl (C=O) groups excluding carboxylic acids is 1. The van der Waals surface area contributed by atoms with Crippen molar-refractivity contribution in [2.24, 2.45) is 0 Å². The molecule has 174 valence electrons. The first-order valence-electron chi connectivity index (χ1n) is 10.9. The van der Waals surface area contributed by atoms with Gasteiger partial charge in [0, 0.05) is 34.7 Å². The maximum Gasteiger partial charge on any atom is 0.323 e. The molecule has 2 amide bonds. The van der Waals surface area contributed by atoms with Crippen LogP contribution in [0.4, 0.5) is 16.2 Å². The van der Waals surface area contributed by atoms with Crippen LogP contribution in [-0.4, -0.2) is 25.7 Å². The number of benzene rings is 3. The van der Waals surface area contributed by atoms with Gasteiger partial charge in [0.05, 0.1) is 6.33 Å². The molecule has 5 rings (SSSR count). The number of aryl methyl sites for hydroxylation is 1. The molecule has 0 radical (unpaired) electrons. The van der Waals surface area contributed by atoms with Gasteiger partial charge in [-0.05, 0) is 66.6 Å². The molecule has 2 heterocycles. The van der Waals surface area contributed by atoms with Gasteiger partial charge in [0.25, 0.3) is 5.89 Å². The first kappa shape index (κ1) is 22.4. The van der Waals surface area contributed by atoms with Crippen LogP contribution in [0.3, 0.4) is 0 Å². The van der Waals surface area contributed by atoms with Crippen molar-refractivity contribution in [3.05, 3.63) is 101 Å². The van der Waals surface area contributed by atoms with Crippen molar-refractivity contribution in [2.45, 2.75) is 13.5 Å². The average molecular weight is 485 g/mol. The van der Waals surface area contributed by atoms with Crippen molar-refractivity contribution in [2.75, 3.05) is 10.6 Å². The highest BCUT2D eigenvalue weighted by atomic mass is 35.5. The van der Waals surface area contributed by atoms with Gasteiger partial charge in [0.2, 0.25) is 5.82 Å². The molecule has 2 N–H and O–H groups in total. The first-order valence-corrected chi connectivity index (χ1v) is 11.2. The van der Waals surface area contributed by atoms with E-state index in [1.165, 1.54) is 0 Å². The van der Waals surface area contributed by atoms with Crippen LogP contribution in [-0.2, 0) is 6.54 Å². The van der Waals surface area contributed by atoms with E-state index >= 15 is 0 Å². The quantitative estimate of drug-likeness (QED) is 0.296. The highest BCUT2D eigenvalue weighted by molar-refractivity contribution is 6.30. The van der Waals surface area contributed by atoms with Crippen molar-refractivity contribution in [3.8, 4) is 23.0 Å². The molecule has 0 atom stereocenters. The molecule has 9 heteroatoms. The molecule has 0 saturated heterocycles. The smallest absolute Gasteiger partial charge is 0.323 e. The van der Waals surface area contributed by atoms with Crippen LogP contribution in [0.2, 0.25) is 5.02 Å². The summed E-state index contributed by atoms with van der Waals surface area (Å²) in [6, 6.07) is 22.2. The summed E-state index contributed by atoms with van der Waals surface area (Å²) in [6.45, 7) is 2.58. The summed E-state index contributed by atoms with van der Waals surface area (Å²) < 4.78 is 7.31. The number of urea groups is 1. The number of anilines is 2. The number of nitrogens with one attached hydrogen (secondary N) is 2. The lowest BCUT2D eigenvalue weighted by Gasteiger charge is -2.09. The lowest BCUT2D eigenvalue weighted by atomic mass is 10.2. The fraction of sp³-hybridized carbons (Fsp3) is 0.0769. The molecule has 0 aliphatic rings. The Labute approximate surface area is 206 Å². The van der Waals surface area contributed by atoms with Crippen molar-refractivity contribution >= 4 is 29.0 Å². The van der Waals surface area contributed by atoms with Gasteiger partial charge < -0.3 is 19.7 Å². The van der Waals surface area contributed by atoms with Gasteiger partial charge in [-0.25, -0.2) is 9.78 Å². The molecule has 0 aliphatic heterocycles. The van der Waals surface area contributed by atoms with E-state index in [0.717, 1.165) is 22.4 Å². The number of aromatic nitrogens is 4. The zero-order chi connectivity index (χ0) is 24.2. The van der Waals surface area contributed by atoms with E-state index in [2.05, 4.69) is 25.8 Å². The van der Waals surface area contributed by atoms with E-state index in [1.807, 2.05) is 78.4 Å². The fourth-order valence-electron chi connectivity index (χ4n) is 3.52. The van der Waals surface area contributed by atoms with E-state index in [1.54, 1.807) is 18.5 Å². The van der Waals surface area contributed by atoms with E-state index in [9.17, 15) is 4.79 Å². The summed E-state index contributed by atoms with van der Waals surface area (Å²) >= 11 is 5.94. The minimum Gasteiger partial charge on any atom is -0.332 e. The summed E-state index contributed by atoms with van der Waals surface area (Å²) in [7, 11) is 0. The fourth-order valence-corrected chi connectivity index (χ4v) is 3.65. The monoisotopic (exact) mass is 484 g/mol. The number of halogens is 1. The van der Waals surface area contributed by atoms with Gasteiger partial charge in [-0.3, -0.25) is 0 Å². The van der Waals surface area contributed by atoms with E-state index in [0.29, 0.717) is 34.7 Å². The topological polar surface area (TPSA) is 97.9 Å². The van der Waals surface area contributed by atoms with Crippen molar-refractivity contribution < 1.29 is 9.32 Å². The van der Waals surface area contributed by atoms with Gasteiger partial charge in [-0.2, -0.15) is 4.98 Å². The summed E-state index contributed by atoms with van der Waals surface area (Å²) in [5.74, 6) is 0.814. The number of imidazole rings is 1. The number of hydrogen-bond acceptors (Lipinski definition) is 5. The second-order valence-corrected chi connectivity index (χ2v) is 8.44. The van der Waals surface area contributed by atoms with Crippen LogP contribution in [0.1, 0.15) is 11.1 Å². The molecule has 8 nitrogen and oxygen atoms in total. The van der Waals surface area contributed by atoms with Gasteiger partial charge in [-0.1, -0.05) is 41.0 Å². The number of amides is 2. The Balaban J connectivity index is 1.20. The van der Waals surface area contributed by atoms with Gasteiger partial charge in [-0.15, -0.1) is 0 Å². The molecule has 0 bridgehead atoms.